The predicted octanol–water partition coefficient (Wildman–Crippen LogP) is 4.05. The monoisotopic (exact) mass is 420 g/mol. The maximum absolute atomic E-state index is 13.5. The summed E-state index contributed by atoms with van der Waals surface area (Å²) in [7, 11) is 1.80. The molecule has 0 fully saturated rings. The van der Waals surface area contributed by atoms with Gasteiger partial charge in [-0.05, 0) is 31.2 Å². The van der Waals surface area contributed by atoms with Gasteiger partial charge < -0.3 is 15.0 Å². The Morgan fingerprint density at radius 3 is 2.47 bits per heavy atom. The van der Waals surface area contributed by atoms with Gasteiger partial charge in [-0.25, -0.2) is 0 Å². The van der Waals surface area contributed by atoms with Gasteiger partial charge in [0.2, 0.25) is 5.91 Å². The van der Waals surface area contributed by atoms with Crippen LogP contribution in [0.2, 0.25) is 0 Å². The highest BCUT2D eigenvalue weighted by Gasteiger charge is 2.45. The molecule has 2 unspecified atom stereocenters. The zero-order valence-electron chi connectivity index (χ0n) is 16.7. The van der Waals surface area contributed by atoms with E-state index in [1.165, 1.54) is 12.1 Å². The standard InChI is InChI=1S/C22H23F3N2O3/c1-3-30-21(29)18-16(13-27(2)12-14-8-5-4-6-9-14)15-10-7-11-17(22(23,24)25)19(15)26-20(18)28/h4-11,16,18H,3,12-13H2,1-2H3,(H,26,28). The maximum atomic E-state index is 13.5. The number of fused-ring (bicyclic) bond motifs is 1. The number of anilines is 1. The minimum atomic E-state index is -4.63. The molecule has 8 heteroatoms. The van der Waals surface area contributed by atoms with E-state index in [-0.39, 0.29) is 24.4 Å². The summed E-state index contributed by atoms with van der Waals surface area (Å²) < 4.78 is 45.6. The maximum Gasteiger partial charge on any atom is 0.418 e. The minimum Gasteiger partial charge on any atom is -0.465 e. The Balaban J connectivity index is 1.99. The molecule has 1 heterocycles. The van der Waals surface area contributed by atoms with E-state index in [1.807, 2.05) is 35.2 Å². The van der Waals surface area contributed by atoms with E-state index in [2.05, 4.69) is 5.32 Å². The Labute approximate surface area is 172 Å². The highest BCUT2D eigenvalue weighted by atomic mass is 19.4. The summed E-state index contributed by atoms with van der Waals surface area (Å²) in [4.78, 5) is 27.1. The quantitative estimate of drug-likeness (QED) is 0.566. The second-order valence-electron chi connectivity index (χ2n) is 7.28. The molecule has 0 aliphatic carbocycles. The first-order valence-corrected chi connectivity index (χ1v) is 9.62. The number of amides is 1. The molecule has 0 spiro atoms. The first-order valence-electron chi connectivity index (χ1n) is 9.62. The van der Waals surface area contributed by atoms with Gasteiger partial charge in [-0.1, -0.05) is 42.5 Å². The first kappa shape index (κ1) is 21.8. The summed E-state index contributed by atoms with van der Waals surface area (Å²) in [5.41, 5.74) is 0.0830. The van der Waals surface area contributed by atoms with Crippen LogP contribution in [0.25, 0.3) is 0 Å². The van der Waals surface area contributed by atoms with E-state index < -0.39 is 35.5 Å². The topological polar surface area (TPSA) is 58.6 Å². The second kappa shape index (κ2) is 8.87. The molecule has 1 N–H and O–H groups in total. The van der Waals surface area contributed by atoms with Gasteiger partial charge in [0.25, 0.3) is 0 Å². The van der Waals surface area contributed by atoms with Crippen LogP contribution in [0.3, 0.4) is 0 Å². The number of carbonyl (C=O) groups is 2. The van der Waals surface area contributed by atoms with Crippen molar-refractivity contribution in [2.45, 2.75) is 25.6 Å². The number of halogens is 3. The van der Waals surface area contributed by atoms with Crippen molar-refractivity contribution in [3.63, 3.8) is 0 Å². The molecule has 0 aromatic heterocycles. The molecule has 30 heavy (non-hydrogen) atoms. The molecule has 5 nitrogen and oxygen atoms in total. The van der Waals surface area contributed by atoms with Crippen molar-refractivity contribution in [3.05, 3.63) is 65.2 Å². The number of alkyl halides is 3. The fourth-order valence-electron chi connectivity index (χ4n) is 3.82. The minimum absolute atomic E-state index is 0.0740. The Bertz CT molecular complexity index is 916. The summed E-state index contributed by atoms with van der Waals surface area (Å²) in [6.07, 6.45) is -4.63. The smallest absolute Gasteiger partial charge is 0.418 e. The summed E-state index contributed by atoms with van der Waals surface area (Å²) in [6.45, 7) is 2.42. The number of benzene rings is 2. The van der Waals surface area contributed by atoms with Crippen LogP contribution >= 0.6 is 0 Å². The third kappa shape index (κ3) is 4.64. The van der Waals surface area contributed by atoms with Crippen LogP contribution in [0.15, 0.2) is 48.5 Å². The van der Waals surface area contributed by atoms with E-state index >= 15 is 0 Å². The van der Waals surface area contributed by atoms with Crippen LogP contribution in [-0.2, 0) is 27.0 Å². The molecular weight excluding hydrogens is 397 g/mol. The molecule has 1 amide bonds. The van der Waals surface area contributed by atoms with Gasteiger partial charge in [-0.3, -0.25) is 9.59 Å². The lowest BCUT2D eigenvalue weighted by Crippen LogP contribution is -2.44. The number of esters is 1. The van der Waals surface area contributed by atoms with Crippen LogP contribution in [0.1, 0.15) is 29.5 Å². The van der Waals surface area contributed by atoms with E-state index in [0.29, 0.717) is 6.54 Å². The van der Waals surface area contributed by atoms with Gasteiger partial charge in [0.15, 0.2) is 0 Å². The second-order valence-corrected chi connectivity index (χ2v) is 7.28. The van der Waals surface area contributed by atoms with Gasteiger partial charge in [0.05, 0.1) is 17.9 Å². The SMILES string of the molecule is CCOC(=O)C1C(=O)Nc2c(cccc2C(F)(F)F)C1CN(C)Cc1ccccc1. The van der Waals surface area contributed by atoms with Crippen molar-refractivity contribution in [1.29, 1.82) is 0 Å². The first-order chi connectivity index (χ1) is 14.2. The van der Waals surface area contributed by atoms with Crippen molar-refractivity contribution >= 4 is 17.6 Å². The Morgan fingerprint density at radius 1 is 1.13 bits per heavy atom. The van der Waals surface area contributed by atoms with Crippen LogP contribution in [0, 0.1) is 5.92 Å². The van der Waals surface area contributed by atoms with Gasteiger partial charge >= 0.3 is 12.1 Å². The van der Waals surface area contributed by atoms with Crippen molar-refractivity contribution in [2.75, 3.05) is 25.5 Å². The average molecular weight is 420 g/mol. The van der Waals surface area contributed by atoms with Crippen LogP contribution in [0.4, 0.5) is 18.9 Å². The van der Waals surface area contributed by atoms with Crippen molar-refractivity contribution in [3.8, 4) is 0 Å². The average Bonchev–Trinajstić information content (AvgIpc) is 2.67. The lowest BCUT2D eigenvalue weighted by atomic mass is 9.80. The number of para-hydroxylation sites is 1. The number of nitrogens with one attached hydrogen (secondary N) is 1. The molecule has 0 saturated carbocycles. The Kier molecular flexibility index (Phi) is 6.45. The fraction of sp³-hybridized carbons (Fsp3) is 0.364. The number of likely N-dealkylation sites (N-methyl/N-ethyl adjacent to an activating group) is 1. The molecule has 2 atom stereocenters. The Morgan fingerprint density at radius 2 is 1.83 bits per heavy atom. The van der Waals surface area contributed by atoms with E-state index in [0.717, 1.165) is 11.6 Å². The normalized spacial score (nSPS) is 18.7. The van der Waals surface area contributed by atoms with E-state index in [4.69, 9.17) is 4.74 Å². The molecule has 160 valence electrons. The molecule has 2 aromatic carbocycles. The Hall–Kier alpha value is -2.87. The van der Waals surface area contributed by atoms with Crippen molar-refractivity contribution < 1.29 is 27.5 Å². The van der Waals surface area contributed by atoms with Gasteiger partial charge in [-0.2, -0.15) is 13.2 Å². The number of hydrogen-bond acceptors (Lipinski definition) is 4. The van der Waals surface area contributed by atoms with Crippen LogP contribution in [-0.4, -0.2) is 37.0 Å². The van der Waals surface area contributed by atoms with E-state index in [1.54, 1.807) is 14.0 Å². The number of rotatable bonds is 6. The molecule has 0 saturated heterocycles. The van der Waals surface area contributed by atoms with E-state index in [9.17, 15) is 22.8 Å². The predicted molar refractivity (Wildman–Crippen MR) is 106 cm³/mol. The van der Waals surface area contributed by atoms with Crippen molar-refractivity contribution in [2.24, 2.45) is 5.92 Å². The molecule has 1 aliphatic rings. The molecule has 1 aliphatic heterocycles. The molecule has 3 rings (SSSR count). The van der Waals surface area contributed by atoms with Crippen LogP contribution < -0.4 is 5.32 Å². The fourth-order valence-corrected chi connectivity index (χ4v) is 3.82. The lowest BCUT2D eigenvalue weighted by molar-refractivity contribution is -0.152. The summed E-state index contributed by atoms with van der Waals surface area (Å²) in [5, 5.41) is 2.30. The lowest BCUT2D eigenvalue weighted by Gasteiger charge is -2.35. The molecule has 0 bridgehead atoms. The van der Waals surface area contributed by atoms with Gasteiger partial charge in [0.1, 0.15) is 5.92 Å². The summed E-state index contributed by atoms with van der Waals surface area (Å²) in [5.74, 6) is -3.52. The number of carbonyl (C=O) groups excluding carboxylic acids is 2. The third-order valence-electron chi connectivity index (χ3n) is 5.08. The number of hydrogen-bond donors (Lipinski definition) is 1. The van der Waals surface area contributed by atoms with Crippen molar-refractivity contribution in [1.82, 2.24) is 4.90 Å². The molecular formula is C22H23F3N2O3. The number of nitrogens with zero attached hydrogens (tertiary/aromatic N) is 1. The van der Waals surface area contributed by atoms with Gasteiger partial charge in [-0.15, -0.1) is 0 Å². The number of ether oxygens (including phenoxy) is 1. The highest BCUT2D eigenvalue weighted by molar-refractivity contribution is 6.08. The van der Waals surface area contributed by atoms with Gasteiger partial charge in [0, 0.05) is 19.0 Å². The zero-order chi connectivity index (χ0) is 21.9. The highest BCUT2D eigenvalue weighted by Crippen LogP contribution is 2.44. The molecule has 0 radical (unpaired) electrons. The third-order valence-corrected chi connectivity index (χ3v) is 5.08. The summed E-state index contributed by atoms with van der Waals surface area (Å²) in [6, 6.07) is 13.3. The van der Waals surface area contributed by atoms with Crippen LogP contribution in [0.5, 0.6) is 0 Å². The zero-order valence-corrected chi connectivity index (χ0v) is 16.7. The largest absolute Gasteiger partial charge is 0.465 e. The molecule has 2 aromatic rings. The summed E-state index contributed by atoms with van der Waals surface area (Å²) >= 11 is 0.